The second-order valence-electron chi connectivity index (χ2n) is 3.93. The molecule has 1 aromatic carbocycles. The smallest absolute Gasteiger partial charge is 0.0992 e. The number of halogens is 1. The second kappa shape index (κ2) is 6.68. The third-order valence-electron chi connectivity index (χ3n) is 2.61. The van der Waals surface area contributed by atoms with Crippen molar-refractivity contribution < 1.29 is 4.74 Å². The molecule has 5 heteroatoms. The molecule has 1 aromatic heterocycles. The fourth-order valence-electron chi connectivity index (χ4n) is 1.68. The first-order chi connectivity index (χ1) is 8.81. The molecule has 0 saturated heterocycles. The first kappa shape index (κ1) is 13.3. The van der Waals surface area contributed by atoms with E-state index < -0.39 is 0 Å². The molecule has 2 rings (SSSR count). The Balaban J connectivity index is 2.01. The lowest BCUT2D eigenvalue weighted by Gasteiger charge is -2.09. The molecule has 96 valence electrons. The van der Waals surface area contributed by atoms with Gasteiger partial charge in [-0.25, -0.2) is 4.98 Å². The molecule has 0 aliphatic heterocycles. The third-order valence-corrected chi connectivity index (χ3v) is 3.24. The summed E-state index contributed by atoms with van der Waals surface area (Å²) in [5.74, 6) is 0. The Labute approximate surface area is 115 Å². The second-order valence-corrected chi connectivity index (χ2v) is 4.78. The minimum Gasteiger partial charge on any atom is -0.383 e. The summed E-state index contributed by atoms with van der Waals surface area (Å²) in [4.78, 5) is 4.05. The third kappa shape index (κ3) is 3.41. The Morgan fingerprint density at radius 3 is 3.00 bits per heavy atom. The molecule has 1 heterocycles. The van der Waals surface area contributed by atoms with Crippen LogP contribution in [0.4, 0.5) is 0 Å². The van der Waals surface area contributed by atoms with Crippen molar-refractivity contribution in [3.8, 4) is 5.69 Å². The molecule has 18 heavy (non-hydrogen) atoms. The van der Waals surface area contributed by atoms with Crippen molar-refractivity contribution in [3.63, 3.8) is 0 Å². The van der Waals surface area contributed by atoms with Gasteiger partial charge in [-0.05, 0) is 33.6 Å². The predicted octanol–water partition coefficient (Wildman–Crippen LogP) is 2.37. The summed E-state index contributed by atoms with van der Waals surface area (Å²) in [6.07, 6.45) is 5.49. The van der Waals surface area contributed by atoms with E-state index in [1.54, 1.807) is 19.6 Å². The lowest BCUT2D eigenvalue weighted by Crippen LogP contribution is -2.18. The highest BCUT2D eigenvalue weighted by atomic mass is 79.9. The Kier molecular flexibility index (Phi) is 4.92. The lowest BCUT2D eigenvalue weighted by atomic mass is 10.2. The van der Waals surface area contributed by atoms with Crippen LogP contribution >= 0.6 is 15.9 Å². The molecule has 0 bridgehead atoms. The number of aromatic nitrogens is 2. The van der Waals surface area contributed by atoms with Crippen molar-refractivity contribution in [1.29, 1.82) is 0 Å². The Morgan fingerprint density at radius 1 is 1.44 bits per heavy atom. The number of rotatable bonds is 6. The number of nitrogens with zero attached hydrogens (tertiary/aromatic N) is 2. The van der Waals surface area contributed by atoms with Crippen molar-refractivity contribution in [2.75, 3.05) is 20.3 Å². The van der Waals surface area contributed by atoms with Gasteiger partial charge >= 0.3 is 0 Å². The largest absolute Gasteiger partial charge is 0.383 e. The van der Waals surface area contributed by atoms with Gasteiger partial charge in [-0.15, -0.1) is 0 Å². The zero-order valence-electron chi connectivity index (χ0n) is 10.3. The first-order valence-corrected chi connectivity index (χ1v) is 6.57. The summed E-state index contributed by atoms with van der Waals surface area (Å²) in [5.41, 5.74) is 2.33. The predicted molar refractivity (Wildman–Crippen MR) is 74.8 cm³/mol. The molecule has 2 aromatic rings. The van der Waals surface area contributed by atoms with Gasteiger partial charge in [0, 0.05) is 37.1 Å². The Morgan fingerprint density at radius 2 is 2.33 bits per heavy atom. The van der Waals surface area contributed by atoms with E-state index in [-0.39, 0.29) is 0 Å². The topological polar surface area (TPSA) is 39.1 Å². The SMILES string of the molecule is COCCNCc1ccc(-n2ccnc2)c(Br)c1. The van der Waals surface area contributed by atoms with Gasteiger partial charge in [0.25, 0.3) is 0 Å². The van der Waals surface area contributed by atoms with Crippen LogP contribution in [0.15, 0.2) is 41.4 Å². The van der Waals surface area contributed by atoms with Crippen molar-refractivity contribution >= 4 is 15.9 Å². The van der Waals surface area contributed by atoms with Crippen LogP contribution in [0.1, 0.15) is 5.56 Å². The van der Waals surface area contributed by atoms with Gasteiger partial charge in [0.15, 0.2) is 0 Å². The number of imidazole rings is 1. The summed E-state index contributed by atoms with van der Waals surface area (Å²) in [6.45, 7) is 2.43. The summed E-state index contributed by atoms with van der Waals surface area (Å²) >= 11 is 3.59. The van der Waals surface area contributed by atoms with E-state index in [0.29, 0.717) is 0 Å². The molecule has 0 saturated carbocycles. The van der Waals surface area contributed by atoms with Gasteiger partial charge in [0.2, 0.25) is 0 Å². The van der Waals surface area contributed by atoms with Gasteiger partial charge in [0.05, 0.1) is 18.6 Å². The van der Waals surface area contributed by atoms with E-state index >= 15 is 0 Å². The van der Waals surface area contributed by atoms with Gasteiger partial charge in [-0.2, -0.15) is 0 Å². The molecular weight excluding hydrogens is 294 g/mol. The number of nitrogens with one attached hydrogen (secondary N) is 1. The minimum atomic E-state index is 0.730. The molecule has 0 spiro atoms. The van der Waals surface area contributed by atoms with Crippen LogP contribution in [0, 0.1) is 0 Å². The van der Waals surface area contributed by atoms with E-state index in [0.717, 1.165) is 29.9 Å². The minimum absolute atomic E-state index is 0.730. The van der Waals surface area contributed by atoms with Crippen LogP contribution in [0.25, 0.3) is 5.69 Å². The van der Waals surface area contributed by atoms with E-state index in [2.05, 4.69) is 44.4 Å². The zero-order chi connectivity index (χ0) is 12.8. The molecule has 0 radical (unpaired) electrons. The maximum atomic E-state index is 4.99. The molecule has 0 amide bonds. The first-order valence-electron chi connectivity index (χ1n) is 5.77. The summed E-state index contributed by atoms with van der Waals surface area (Å²) < 4.78 is 8.03. The normalized spacial score (nSPS) is 10.8. The highest BCUT2D eigenvalue weighted by molar-refractivity contribution is 9.10. The van der Waals surface area contributed by atoms with Crippen LogP contribution in [-0.2, 0) is 11.3 Å². The van der Waals surface area contributed by atoms with Crippen LogP contribution in [0.2, 0.25) is 0 Å². The molecule has 0 aliphatic carbocycles. The highest BCUT2D eigenvalue weighted by Gasteiger charge is 2.03. The molecular formula is C13H16BrN3O. The molecule has 0 atom stereocenters. The van der Waals surface area contributed by atoms with Gasteiger partial charge in [-0.1, -0.05) is 6.07 Å². The van der Waals surface area contributed by atoms with Crippen LogP contribution in [-0.4, -0.2) is 29.8 Å². The maximum Gasteiger partial charge on any atom is 0.0992 e. The molecule has 1 N–H and O–H groups in total. The van der Waals surface area contributed by atoms with Gasteiger partial charge < -0.3 is 14.6 Å². The van der Waals surface area contributed by atoms with E-state index in [1.165, 1.54) is 5.56 Å². The monoisotopic (exact) mass is 309 g/mol. The molecule has 0 unspecified atom stereocenters. The summed E-state index contributed by atoms with van der Waals surface area (Å²) in [6, 6.07) is 6.31. The number of benzene rings is 1. The summed E-state index contributed by atoms with van der Waals surface area (Å²) in [7, 11) is 1.71. The van der Waals surface area contributed by atoms with E-state index in [1.807, 2.05) is 10.8 Å². The zero-order valence-corrected chi connectivity index (χ0v) is 11.9. The highest BCUT2D eigenvalue weighted by Crippen LogP contribution is 2.22. The number of ether oxygens (including phenoxy) is 1. The molecule has 0 aliphatic rings. The van der Waals surface area contributed by atoms with Gasteiger partial charge in [-0.3, -0.25) is 0 Å². The van der Waals surface area contributed by atoms with Crippen molar-refractivity contribution in [3.05, 3.63) is 47.0 Å². The lowest BCUT2D eigenvalue weighted by molar-refractivity contribution is 0.199. The number of hydrogen-bond acceptors (Lipinski definition) is 3. The van der Waals surface area contributed by atoms with Crippen LogP contribution in [0.5, 0.6) is 0 Å². The molecule has 0 fully saturated rings. The van der Waals surface area contributed by atoms with E-state index in [4.69, 9.17) is 4.74 Å². The fraction of sp³-hybridized carbons (Fsp3) is 0.308. The number of methoxy groups -OCH3 is 1. The molecule has 4 nitrogen and oxygen atoms in total. The quantitative estimate of drug-likeness (QED) is 0.833. The van der Waals surface area contributed by atoms with Crippen LogP contribution < -0.4 is 5.32 Å². The van der Waals surface area contributed by atoms with Crippen molar-refractivity contribution in [1.82, 2.24) is 14.9 Å². The fourth-order valence-corrected chi connectivity index (χ4v) is 2.31. The average Bonchev–Trinajstić information content (AvgIpc) is 2.88. The maximum absolute atomic E-state index is 4.99. The number of hydrogen-bond donors (Lipinski definition) is 1. The van der Waals surface area contributed by atoms with Crippen LogP contribution in [0.3, 0.4) is 0 Å². The standard InChI is InChI=1S/C13H16BrN3O/c1-18-7-5-15-9-11-2-3-13(12(14)8-11)17-6-4-16-10-17/h2-4,6,8,10,15H,5,7,9H2,1H3. The van der Waals surface area contributed by atoms with E-state index in [9.17, 15) is 0 Å². The Hall–Kier alpha value is -1.17. The summed E-state index contributed by atoms with van der Waals surface area (Å²) in [5, 5.41) is 3.32. The average molecular weight is 310 g/mol. The van der Waals surface area contributed by atoms with Crippen molar-refractivity contribution in [2.24, 2.45) is 0 Å². The Bertz CT molecular complexity index is 485. The van der Waals surface area contributed by atoms with Crippen molar-refractivity contribution in [2.45, 2.75) is 6.54 Å². The van der Waals surface area contributed by atoms with Gasteiger partial charge in [0.1, 0.15) is 0 Å².